The van der Waals surface area contributed by atoms with E-state index in [0.29, 0.717) is 44.5 Å². The Kier molecular flexibility index (Phi) is 7.55. The minimum absolute atomic E-state index is 0.132. The van der Waals surface area contributed by atoms with Crippen LogP contribution in [0.3, 0.4) is 0 Å². The quantitative estimate of drug-likeness (QED) is 0.350. The molecule has 2 amide bonds. The number of thiazole rings is 1. The Morgan fingerprint density at radius 1 is 1.00 bits per heavy atom. The van der Waals surface area contributed by atoms with Crippen LogP contribution in [0, 0.1) is 11.3 Å². The fourth-order valence-electron chi connectivity index (χ4n) is 3.67. The molecule has 4 rings (SSSR count). The smallest absolute Gasteiger partial charge is 0.253 e. The normalized spacial score (nSPS) is 11.3. The zero-order chi connectivity index (χ0) is 26.5. The summed E-state index contributed by atoms with van der Waals surface area (Å²) >= 11 is 1.32. The van der Waals surface area contributed by atoms with Crippen LogP contribution in [0.1, 0.15) is 27.5 Å². The molecule has 2 N–H and O–H groups in total. The standard InChI is InChI=1S/C27H25N5O4S/c1-32(2)26(34)18-9-7-17(8-10-18)24(29-19-11-5-16(15-28)6-12-19)25(33)31-27-30-20-13-21(35-3)22(36-4)14-23(20)37-27/h5-14,24,29H,1-4H3,(H,30,31,33). The molecule has 0 fully saturated rings. The SMILES string of the molecule is COc1cc2nc(NC(=O)C(Nc3ccc(C#N)cc3)c3ccc(C(=O)N(C)C)cc3)sc2cc1OC. The number of fused-ring (bicyclic) bond motifs is 1. The number of nitriles is 1. The van der Waals surface area contributed by atoms with Gasteiger partial charge in [0.1, 0.15) is 6.04 Å². The van der Waals surface area contributed by atoms with Crippen molar-refractivity contribution in [1.29, 1.82) is 5.26 Å². The number of hydrogen-bond acceptors (Lipinski definition) is 8. The number of carbonyl (C=O) groups excluding carboxylic acids is 2. The molecule has 10 heteroatoms. The van der Waals surface area contributed by atoms with Crippen LogP contribution in [0.25, 0.3) is 10.2 Å². The number of amides is 2. The summed E-state index contributed by atoms with van der Waals surface area (Å²) in [6, 6.07) is 18.5. The number of nitrogens with one attached hydrogen (secondary N) is 2. The van der Waals surface area contributed by atoms with Gasteiger partial charge in [0, 0.05) is 37.5 Å². The third-order valence-corrected chi connectivity index (χ3v) is 6.54. The molecule has 1 heterocycles. The van der Waals surface area contributed by atoms with Crippen LogP contribution >= 0.6 is 11.3 Å². The van der Waals surface area contributed by atoms with Crippen molar-refractivity contribution in [2.75, 3.05) is 38.9 Å². The van der Waals surface area contributed by atoms with E-state index in [0.717, 1.165) is 4.70 Å². The van der Waals surface area contributed by atoms with E-state index < -0.39 is 6.04 Å². The van der Waals surface area contributed by atoms with E-state index >= 15 is 0 Å². The number of ether oxygens (including phenoxy) is 2. The molecule has 0 saturated heterocycles. The van der Waals surface area contributed by atoms with Gasteiger partial charge in [-0.3, -0.25) is 14.9 Å². The van der Waals surface area contributed by atoms with E-state index in [1.54, 1.807) is 82.9 Å². The van der Waals surface area contributed by atoms with E-state index in [4.69, 9.17) is 14.7 Å². The van der Waals surface area contributed by atoms with Gasteiger partial charge in [0.2, 0.25) is 0 Å². The van der Waals surface area contributed by atoms with E-state index in [1.807, 2.05) is 6.07 Å². The summed E-state index contributed by atoms with van der Waals surface area (Å²) in [7, 11) is 6.48. The van der Waals surface area contributed by atoms with Crippen molar-refractivity contribution in [3.05, 3.63) is 77.4 Å². The minimum Gasteiger partial charge on any atom is -0.493 e. The maximum Gasteiger partial charge on any atom is 0.253 e. The Bertz CT molecular complexity index is 1430. The molecule has 1 atom stereocenters. The van der Waals surface area contributed by atoms with E-state index in [2.05, 4.69) is 21.7 Å². The molecule has 0 radical (unpaired) electrons. The molecule has 0 saturated carbocycles. The lowest BCUT2D eigenvalue weighted by Gasteiger charge is -2.20. The van der Waals surface area contributed by atoms with Crippen molar-refractivity contribution in [3.63, 3.8) is 0 Å². The number of rotatable bonds is 8. The van der Waals surface area contributed by atoms with Gasteiger partial charge in [0.15, 0.2) is 16.6 Å². The summed E-state index contributed by atoms with van der Waals surface area (Å²) in [5.74, 6) is 0.650. The Labute approximate surface area is 218 Å². The highest BCUT2D eigenvalue weighted by atomic mass is 32.1. The van der Waals surface area contributed by atoms with E-state index in [1.165, 1.54) is 16.2 Å². The highest BCUT2D eigenvalue weighted by molar-refractivity contribution is 7.22. The molecule has 0 spiro atoms. The Morgan fingerprint density at radius 3 is 2.24 bits per heavy atom. The van der Waals surface area contributed by atoms with Gasteiger partial charge < -0.3 is 19.7 Å². The van der Waals surface area contributed by atoms with Crippen LogP contribution in [0.2, 0.25) is 0 Å². The highest BCUT2D eigenvalue weighted by Crippen LogP contribution is 2.36. The molecule has 1 unspecified atom stereocenters. The van der Waals surface area contributed by atoms with Crippen molar-refractivity contribution >= 4 is 44.2 Å². The maximum absolute atomic E-state index is 13.5. The number of methoxy groups -OCH3 is 2. The van der Waals surface area contributed by atoms with Crippen molar-refractivity contribution in [3.8, 4) is 17.6 Å². The molecule has 0 aliphatic carbocycles. The van der Waals surface area contributed by atoms with Gasteiger partial charge in [-0.2, -0.15) is 5.26 Å². The van der Waals surface area contributed by atoms with Gasteiger partial charge >= 0.3 is 0 Å². The van der Waals surface area contributed by atoms with Gasteiger partial charge in [0.25, 0.3) is 11.8 Å². The summed E-state index contributed by atoms with van der Waals surface area (Å²) in [5, 5.41) is 15.6. The first-order chi connectivity index (χ1) is 17.8. The van der Waals surface area contributed by atoms with Crippen molar-refractivity contribution in [2.24, 2.45) is 0 Å². The van der Waals surface area contributed by atoms with Crippen LogP contribution in [0.4, 0.5) is 10.8 Å². The van der Waals surface area contributed by atoms with Crippen molar-refractivity contribution in [1.82, 2.24) is 9.88 Å². The average molecular weight is 516 g/mol. The van der Waals surface area contributed by atoms with Crippen LogP contribution in [0.15, 0.2) is 60.7 Å². The summed E-state index contributed by atoms with van der Waals surface area (Å²) in [5.41, 5.74) is 3.01. The predicted molar refractivity (Wildman–Crippen MR) is 143 cm³/mol. The Balaban J connectivity index is 1.64. The van der Waals surface area contributed by atoms with Crippen LogP contribution in [-0.4, -0.2) is 50.0 Å². The molecule has 0 aliphatic rings. The number of hydrogen-bond donors (Lipinski definition) is 2. The van der Waals surface area contributed by atoms with Crippen LogP contribution < -0.4 is 20.1 Å². The molecule has 9 nitrogen and oxygen atoms in total. The zero-order valence-electron chi connectivity index (χ0n) is 20.7. The number of nitrogens with zero attached hydrogens (tertiary/aromatic N) is 3. The van der Waals surface area contributed by atoms with E-state index in [9.17, 15) is 9.59 Å². The van der Waals surface area contributed by atoms with Gasteiger partial charge in [-0.1, -0.05) is 23.5 Å². The van der Waals surface area contributed by atoms with Gasteiger partial charge in [-0.05, 0) is 42.0 Å². The summed E-state index contributed by atoms with van der Waals surface area (Å²) in [4.78, 5) is 31.8. The van der Waals surface area contributed by atoms with Gasteiger partial charge in [-0.15, -0.1) is 0 Å². The number of anilines is 2. The van der Waals surface area contributed by atoms with Crippen LogP contribution in [-0.2, 0) is 4.79 Å². The number of carbonyl (C=O) groups is 2. The third-order valence-electron chi connectivity index (χ3n) is 5.61. The molecule has 3 aromatic carbocycles. The number of benzene rings is 3. The first-order valence-corrected chi connectivity index (χ1v) is 12.1. The fraction of sp³-hybridized carbons (Fsp3) is 0.185. The molecule has 0 bridgehead atoms. The summed E-state index contributed by atoms with van der Waals surface area (Å²) in [6.45, 7) is 0. The second kappa shape index (κ2) is 11.0. The molecule has 37 heavy (non-hydrogen) atoms. The average Bonchev–Trinajstić information content (AvgIpc) is 3.31. The van der Waals surface area contributed by atoms with Crippen LogP contribution in [0.5, 0.6) is 11.5 Å². The second-order valence-corrected chi connectivity index (χ2v) is 9.30. The topological polar surface area (TPSA) is 117 Å². The largest absolute Gasteiger partial charge is 0.493 e. The van der Waals surface area contributed by atoms with Crippen molar-refractivity contribution < 1.29 is 19.1 Å². The number of aromatic nitrogens is 1. The molecular weight excluding hydrogens is 490 g/mol. The fourth-order valence-corrected chi connectivity index (χ4v) is 4.55. The summed E-state index contributed by atoms with van der Waals surface area (Å²) < 4.78 is 11.5. The maximum atomic E-state index is 13.5. The van der Waals surface area contributed by atoms with E-state index in [-0.39, 0.29) is 11.8 Å². The lowest BCUT2D eigenvalue weighted by Crippen LogP contribution is -2.27. The first-order valence-electron chi connectivity index (χ1n) is 11.2. The molecule has 1 aromatic heterocycles. The zero-order valence-corrected chi connectivity index (χ0v) is 21.6. The highest BCUT2D eigenvalue weighted by Gasteiger charge is 2.23. The first kappa shape index (κ1) is 25.5. The van der Waals surface area contributed by atoms with Crippen molar-refractivity contribution in [2.45, 2.75) is 6.04 Å². The third kappa shape index (κ3) is 5.63. The Morgan fingerprint density at radius 2 is 1.65 bits per heavy atom. The summed E-state index contributed by atoms with van der Waals surface area (Å²) in [6.07, 6.45) is 0. The Hall–Kier alpha value is -4.62. The predicted octanol–water partition coefficient (Wildman–Crippen LogP) is 4.68. The second-order valence-electron chi connectivity index (χ2n) is 8.27. The molecule has 4 aromatic rings. The minimum atomic E-state index is -0.799. The lowest BCUT2D eigenvalue weighted by molar-refractivity contribution is -0.117. The van der Waals surface area contributed by atoms with Gasteiger partial charge in [0.05, 0.1) is 36.1 Å². The monoisotopic (exact) mass is 515 g/mol. The lowest BCUT2D eigenvalue weighted by atomic mass is 10.0. The molecule has 0 aliphatic heterocycles. The van der Waals surface area contributed by atoms with Gasteiger partial charge in [-0.25, -0.2) is 4.98 Å². The molecular formula is C27H25N5O4S. The molecule has 188 valence electrons.